The molecule has 0 bridgehead atoms. The van der Waals surface area contributed by atoms with Gasteiger partial charge in [0.2, 0.25) is 5.82 Å². The number of rotatable bonds is 1. The number of halogens is 7. The Labute approximate surface area is 110 Å². The standard InChI is InChI=1S/C11H3BrF6O/c1-19-11-4(12)2-3(7(15)10(11)18)6(14)9(17)8(16)5(2)13/h1H3. The molecule has 0 heterocycles. The van der Waals surface area contributed by atoms with E-state index in [-0.39, 0.29) is 0 Å². The maximum atomic E-state index is 13.6. The summed E-state index contributed by atoms with van der Waals surface area (Å²) < 4.78 is 84.2. The Morgan fingerprint density at radius 1 is 0.684 bits per heavy atom. The van der Waals surface area contributed by atoms with Gasteiger partial charge >= 0.3 is 0 Å². The first-order valence-electron chi connectivity index (χ1n) is 4.69. The lowest BCUT2D eigenvalue weighted by molar-refractivity contribution is 0.369. The van der Waals surface area contributed by atoms with Crippen molar-refractivity contribution in [3.8, 4) is 5.75 Å². The Bertz CT molecular complexity index is 700. The summed E-state index contributed by atoms with van der Waals surface area (Å²) in [5, 5.41) is -2.31. The molecule has 0 aliphatic carbocycles. The predicted molar refractivity (Wildman–Crippen MR) is 57.9 cm³/mol. The van der Waals surface area contributed by atoms with Crippen molar-refractivity contribution < 1.29 is 31.1 Å². The lowest BCUT2D eigenvalue weighted by Crippen LogP contribution is -2.04. The Balaban J connectivity index is 3.18. The van der Waals surface area contributed by atoms with Gasteiger partial charge in [0.05, 0.1) is 17.0 Å². The average molecular weight is 345 g/mol. The fourth-order valence-electron chi connectivity index (χ4n) is 1.64. The van der Waals surface area contributed by atoms with Crippen molar-refractivity contribution in [3.63, 3.8) is 0 Å². The second-order valence-electron chi connectivity index (χ2n) is 3.48. The average Bonchev–Trinajstić information content (AvgIpc) is 2.38. The molecule has 19 heavy (non-hydrogen) atoms. The van der Waals surface area contributed by atoms with E-state index in [4.69, 9.17) is 0 Å². The van der Waals surface area contributed by atoms with Gasteiger partial charge in [-0.25, -0.2) is 22.0 Å². The van der Waals surface area contributed by atoms with Gasteiger partial charge in [0.25, 0.3) is 0 Å². The summed E-state index contributed by atoms with van der Waals surface area (Å²) in [6, 6.07) is 0. The SMILES string of the molecule is COc1c(F)c(F)c2c(F)c(F)c(F)c(F)c2c1Br. The molecule has 0 aromatic heterocycles. The maximum absolute atomic E-state index is 13.6. The molecule has 0 spiro atoms. The highest BCUT2D eigenvalue weighted by Gasteiger charge is 2.29. The molecule has 0 fully saturated rings. The van der Waals surface area contributed by atoms with Crippen LogP contribution in [0.25, 0.3) is 10.8 Å². The minimum absolute atomic E-state index is 0.556. The van der Waals surface area contributed by atoms with Gasteiger partial charge in [-0.2, -0.15) is 4.39 Å². The van der Waals surface area contributed by atoms with Gasteiger partial charge in [0, 0.05) is 5.39 Å². The van der Waals surface area contributed by atoms with Gasteiger partial charge in [-0.3, -0.25) is 0 Å². The van der Waals surface area contributed by atoms with Crippen molar-refractivity contribution in [2.24, 2.45) is 0 Å². The molecule has 0 saturated heterocycles. The molecule has 0 radical (unpaired) electrons. The number of hydrogen-bond acceptors (Lipinski definition) is 1. The van der Waals surface area contributed by atoms with Crippen LogP contribution in [0, 0.1) is 34.9 Å². The third-order valence-corrected chi connectivity index (χ3v) is 3.26. The van der Waals surface area contributed by atoms with Crippen LogP contribution < -0.4 is 4.74 Å². The summed E-state index contributed by atoms with van der Waals surface area (Å²) in [5.74, 6) is -12.5. The molecule has 8 heteroatoms. The minimum Gasteiger partial charge on any atom is -0.492 e. The van der Waals surface area contributed by atoms with Crippen molar-refractivity contribution in [3.05, 3.63) is 39.4 Å². The van der Waals surface area contributed by atoms with E-state index in [9.17, 15) is 26.3 Å². The Morgan fingerprint density at radius 3 is 1.58 bits per heavy atom. The number of ether oxygens (including phenoxy) is 1. The van der Waals surface area contributed by atoms with Crippen molar-refractivity contribution in [2.45, 2.75) is 0 Å². The zero-order chi connectivity index (χ0) is 14.5. The van der Waals surface area contributed by atoms with Crippen molar-refractivity contribution in [2.75, 3.05) is 7.11 Å². The van der Waals surface area contributed by atoms with Gasteiger partial charge < -0.3 is 4.74 Å². The molecule has 102 valence electrons. The van der Waals surface area contributed by atoms with Crippen LogP contribution in [0.15, 0.2) is 4.47 Å². The predicted octanol–water partition coefficient (Wildman–Crippen LogP) is 4.45. The van der Waals surface area contributed by atoms with E-state index in [1.54, 1.807) is 0 Å². The number of benzene rings is 2. The fraction of sp³-hybridized carbons (Fsp3) is 0.0909. The molecule has 0 aliphatic heterocycles. The first-order chi connectivity index (χ1) is 8.82. The quantitative estimate of drug-likeness (QED) is 0.422. The van der Waals surface area contributed by atoms with Crippen LogP contribution in [0.4, 0.5) is 26.3 Å². The number of hydrogen-bond donors (Lipinski definition) is 0. The first kappa shape index (κ1) is 14.0. The summed E-state index contributed by atoms with van der Waals surface area (Å²) in [4.78, 5) is 0. The van der Waals surface area contributed by atoms with E-state index in [1.807, 2.05) is 0 Å². The Hall–Kier alpha value is -1.44. The molecule has 0 unspecified atom stereocenters. The molecule has 2 aromatic carbocycles. The molecular weight excluding hydrogens is 342 g/mol. The van der Waals surface area contributed by atoms with Crippen LogP contribution >= 0.6 is 15.9 Å². The second kappa shape index (κ2) is 4.59. The van der Waals surface area contributed by atoms with Crippen LogP contribution in [-0.2, 0) is 0 Å². The van der Waals surface area contributed by atoms with Crippen LogP contribution in [0.3, 0.4) is 0 Å². The highest BCUT2D eigenvalue weighted by atomic mass is 79.9. The summed E-state index contributed by atoms with van der Waals surface area (Å²) in [7, 11) is 0.947. The van der Waals surface area contributed by atoms with Crippen LogP contribution in [0.2, 0.25) is 0 Å². The Kier molecular flexibility index (Phi) is 3.38. The zero-order valence-electron chi connectivity index (χ0n) is 9.05. The molecule has 2 rings (SSSR count). The van der Waals surface area contributed by atoms with Gasteiger partial charge in [0.1, 0.15) is 0 Å². The summed E-state index contributed by atoms with van der Waals surface area (Å²) in [5.41, 5.74) is 0. The van der Waals surface area contributed by atoms with Crippen LogP contribution in [0.1, 0.15) is 0 Å². The fourth-order valence-corrected chi connectivity index (χ4v) is 2.35. The van der Waals surface area contributed by atoms with Crippen molar-refractivity contribution in [1.29, 1.82) is 0 Å². The van der Waals surface area contributed by atoms with Crippen molar-refractivity contribution in [1.82, 2.24) is 0 Å². The first-order valence-corrected chi connectivity index (χ1v) is 5.48. The van der Waals surface area contributed by atoms with Crippen LogP contribution in [-0.4, -0.2) is 7.11 Å². The highest BCUT2D eigenvalue weighted by molar-refractivity contribution is 9.10. The van der Waals surface area contributed by atoms with Crippen molar-refractivity contribution >= 4 is 26.7 Å². The third kappa shape index (κ3) is 1.77. The molecule has 0 atom stereocenters. The normalized spacial score (nSPS) is 11.2. The molecular formula is C11H3BrF6O. The van der Waals surface area contributed by atoms with Gasteiger partial charge in [-0.05, 0) is 15.9 Å². The molecule has 0 saturated carbocycles. The number of methoxy groups -OCH3 is 1. The van der Waals surface area contributed by atoms with E-state index in [0.29, 0.717) is 0 Å². The molecule has 0 aliphatic rings. The van der Waals surface area contributed by atoms with Gasteiger partial charge in [-0.1, -0.05) is 0 Å². The second-order valence-corrected chi connectivity index (χ2v) is 4.27. The van der Waals surface area contributed by atoms with E-state index >= 15 is 0 Å². The monoisotopic (exact) mass is 344 g/mol. The smallest absolute Gasteiger partial charge is 0.202 e. The molecule has 2 aromatic rings. The maximum Gasteiger partial charge on any atom is 0.202 e. The van der Waals surface area contributed by atoms with E-state index in [1.165, 1.54) is 0 Å². The Morgan fingerprint density at radius 2 is 1.11 bits per heavy atom. The van der Waals surface area contributed by atoms with E-state index in [0.717, 1.165) is 7.11 Å². The van der Waals surface area contributed by atoms with Gasteiger partial charge in [0.15, 0.2) is 34.8 Å². The lowest BCUT2D eigenvalue weighted by Gasteiger charge is -2.12. The van der Waals surface area contributed by atoms with E-state index in [2.05, 4.69) is 20.7 Å². The largest absolute Gasteiger partial charge is 0.492 e. The summed E-state index contributed by atoms with van der Waals surface area (Å²) in [6.45, 7) is 0. The summed E-state index contributed by atoms with van der Waals surface area (Å²) >= 11 is 2.64. The topological polar surface area (TPSA) is 9.23 Å². The molecule has 1 nitrogen and oxygen atoms in total. The highest BCUT2D eigenvalue weighted by Crippen LogP contribution is 2.41. The van der Waals surface area contributed by atoms with Gasteiger partial charge in [-0.15, -0.1) is 0 Å². The summed E-state index contributed by atoms with van der Waals surface area (Å²) in [6.07, 6.45) is 0. The lowest BCUT2D eigenvalue weighted by atomic mass is 10.1. The number of fused-ring (bicyclic) bond motifs is 1. The van der Waals surface area contributed by atoms with E-state index < -0.39 is 55.9 Å². The third-order valence-electron chi connectivity index (χ3n) is 2.50. The molecule has 0 amide bonds. The zero-order valence-corrected chi connectivity index (χ0v) is 10.6. The van der Waals surface area contributed by atoms with Crippen LogP contribution in [0.5, 0.6) is 5.75 Å². The molecule has 0 N–H and O–H groups in total. The minimum atomic E-state index is -2.22.